The average Bonchev–Trinajstić information content (AvgIpc) is 2.68. The fourth-order valence-corrected chi connectivity index (χ4v) is 4.72. The topological polar surface area (TPSA) is 68.3 Å². The molecule has 170 valence electrons. The molecule has 4 rings (SSSR count). The summed E-state index contributed by atoms with van der Waals surface area (Å²) in [5, 5.41) is 0. The number of hydrogen-bond donors (Lipinski definition) is 0. The molecule has 2 saturated heterocycles. The Labute approximate surface area is 178 Å². The van der Waals surface area contributed by atoms with Gasteiger partial charge in [-0.05, 0) is 23.8 Å². The lowest BCUT2D eigenvalue weighted by molar-refractivity contribution is -0.253. The Hall–Kier alpha value is -2.33. The van der Waals surface area contributed by atoms with Crippen LogP contribution in [-0.4, -0.2) is 68.6 Å². The van der Waals surface area contributed by atoms with Gasteiger partial charge in [-0.25, -0.2) is 0 Å². The van der Waals surface area contributed by atoms with Gasteiger partial charge in [-0.3, -0.25) is 14.5 Å². The molecule has 0 aliphatic carbocycles. The van der Waals surface area contributed by atoms with Gasteiger partial charge in [-0.15, -0.1) is 0 Å². The molecule has 3 heterocycles. The quantitative estimate of drug-likeness (QED) is 0.525. The van der Waals surface area contributed by atoms with Crippen LogP contribution in [0.5, 0.6) is 0 Å². The highest BCUT2D eigenvalue weighted by Gasteiger charge is 2.64. The van der Waals surface area contributed by atoms with Gasteiger partial charge >= 0.3 is 18.1 Å². The van der Waals surface area contributed by atoms with E-state index in [0.717, 1.165) is 12.1 Å². The summed E-state index contributed by atoms with van der Waals surface area (Å²) < 4.78 is 56.0. The Bertz CT molecular complexity index is 881. The number of rotatable bonds is 3. The molecule has 1 atom stereocenters. The van der Waals surface area contributed by atoms with Crippen LogP contribution in [0.3, 0.4) is 0 Å². The van der Waals surface area contributed by atoms with Crippen molar-refractivity contribution in [3.8, 4) is 0 Å². The SMILES string of the molecule is COCCN1CCN2c3ccc(C(F)(F)F)cc3CC3(C(=O)OC(C)(C)OC3=O)C2C1. The van der Waals surface area contributed by atoms with E-state index in [4.69, 9.17) is 14.2 Å². The van der Waals surface area contributed by atoms with Crippen molar-refractivity contribution in [1.29, 1.82) is 0 Å². The summed E-state index contributed by atoms with van der Waals surface area (Å²) in [5.74, 6) is -2.95. The first-order valence-electron chi connectivity index (χ1n) is 10.1. The second-order valence-corrected chi connectivity index (χ2v) is 8.67. The molecule has 1 aromatic carbocycles. The summed E-state index contributed by atoms with van der Waals surface area (Å²) in [6.45, 7) is 5.41. The van der Waals surface area contributed by atoms with Crippen LogP contribution in [0, 0.1) is 5.41 Å². The number of halogens is 3. The first-order valence-corrected chi connectivity index (χ1v) is 10.1. The fourth-order valence-electron chi connectivity index (χ4n) is 4.72. The van der Waals surface area contributed by atoms with Crippen molar-refractivity contribution in [3.63, 3.8) is 0 Å². The van der Waals surface area contributed by atoms with E-state index in [2.05, 4.69) is 4.90 Å². The average molecular weight is 442 g/mol. The number of carbonyl (C=O) groups excluding carboxylic acids is 2. The number of fused-ring (bicyclic) bond motifs is 4. The summed E-state index contributed by atoms with van der Waals surface area (Å²) in [7, 11) is 1.59. The van der Waals surface area contributed by atoms with Crippen molar-refractivity contribution >= 4 is 17.6 Å². The first-order chi connectivity index (χ1) is 14.5. The van der Waals surface area contributed by atoms with Gasteiger partial charge in [-0.1, -0.05) is 0 Å². The van der Waals surface area contributed by atoms with E-state index in [1.165, 1.54) is 19.9 Å². The Morgan fingerprint density at radius 1 is 1.16 bits per heavy atom. The first kappa shape index (κ1) is 21.9. The van der Waals surface area contributed by atoms with E-state index in [0.29, 0.717) is 38.5 Å². The number of esters is 2. The number of alkyl halides is 3. The van der Waals surface area contributed by atoms with Crippen molar-refractivity contribution in [2.45, 2.75) is 38.3 Å². The number of piperazine rings is 1. The van der Waals surface area contributed by atoms with Crippen molar-refractivity contribution in [2.24, 2.45) is 5.41 Å². The molecule has 10 heteroatoms. The third-order valence-corrected chi connectivity index (χ3v) is 6.24. The van der Waals surface area contributed by atoms with Crippen molar-refractivity contribution < 1.29 is 37.0 Å². The van der Waals surface area contributed by atoms with Crippen molar-refractivity contribution in [1.82, 2.24) is 4.90 Å². The third-order valence-electron chi connectivity index (χ3n) is 6.24. The molecule has 3 aliphatic rings. The number of benzene rings is 1. The molecule has 3 aliphatic heterocycles. The molecule has 0 N–H and O–H groups in total. The van der Waals surface area contributed by atoms with Crippen LogP contribution in [0.2, 0.25) is 0 Å². The number of cyclic esters (lactones) is 2. The van der Waals surface area contributed by atoms with E-state index in [9.17, 15) is 22.8 Å². The van der Waals surface area contributed by atoms with Gasteiger partial charge in [0.15, 0.2) is 5.41 Å². The molecule has 0 amide bonds. The molecular weight excluding hydrogens is 417 g/mol. The van der Waals surface area contributed by atoms with E-state index < -0.39 is 40.9 Å². The van der Waals surface area contributed by atoms with Crippen molar-refractivity contribution in [2.75, 3.05) is 44.8 Å². The molecule has 0 aromatic heterocycles. The molecule has 7 nitrogen and oxygen atoms in total. The number of anilines is 1. The van der Waals surface area contributed by atoms with Crippen LogP contribution in [-0.2, 0) is 36.4 Å². The summed E-state index contributed by atoms with van der Waals surface area (Å²) >= 11 is 0. The third kappa shape index (κ3) is 3.65. The zero-order valence-corrected chi connectivity index (χ0v) is 17.6. The van der Waals surface area contributed by atoms with Crippen molar-refractivity contribution in [3.05, 3.63) is 29.3 Å². The predicted molar refractivity (Wildman–Crippen MR) is 103 cm³/mol. The molecule has 31 heavy (non-hydrogen) atoms. The normalized spacial score (nSPS) is 25.0. The fraction of sp³-hybridized carbons (Fsp3) is 0.619. The summed E-state index contributed by atoms with van der Waals surface area (Å²) in [6.07, 6.45) is -4.74. The molecule has 0 radical (unpaired) electrons. The maximum Gasteiger partial charge on any atom is 0.416 e. The van der Waals surface area contributed by atoms with Crippen LogP contribution in [0.15, 0.2) is 18.2 Å². The van der Waals surface area contributed by atoms with Gasteiger partial charge in [0.25, 0.3) is 5.79 Å². The number of hydrogen-bond acceptors (Lipinski definition) is 7. The maximum atomic E-state index is 13.3. The van der Waals surface area contributed by atoms with Gasteiger partial charge in [-0.2, -0.15) is 13.2 Å². The zero-order valence-electron chi connectivity index (χ0n) is 17.6. The minimum Gasteiger partial charge on any atom is -0.422 e. The summed E-state index contributed by atoms with van der Waals surface area (Å²) in [6, 6.07) is 2.85. The summed E-state index contributed by atoms with van der Waals surface area (Å²) in [5.41, 5.74) is -1.68. The second kappa shape index (κ2) is 7.37. The predicted octanol–water partition coefficient (Wildman–Crippen LogP) is 2.22. The van der Waals surface area contributed by atoms with Crippen LogP contribution in [0.1, 0.15) is 25.0 Å². The lowest BCUT2D eigenvalue weighted by Gasteiger charge is -2.54. The number of methoxy groups -OCH3 is 1. The molecule has 1 spiro atoms. The maximum absolute atomic E-state index is 13.3. The van der Waals surface area contributed by atoms with E-state index in [1.54, 1.807) is 7.11 Å². The minimum absolute atomic E-state index is 0.209. The Morgan fingerprint density at radius 2 is 1.84 bits per heavy atom. The smallest absolute Gasteiger partial charge is 0.416 e. The molecule has 0 saturated carbocycles. The Balaban J connectivity index is 1.80. The van der Waals surface area contributed by atoms with Gasteiger partial charge in [0.05, 0.1) is 18.2 Å². The van der Waals surface area contributed by atoms with E-state index in [-0.39, 0.29) is 12.0 Å². The van der Waals surface area contributed by atoms with E-state index in [1.807, 2.05) is 4.90 Å². The summed E-state index contributed by atoms with van der Waals surface area (Å²) in [4.78, 5) is 30.4. The molecule has 1 unspecified atom stereocenters. The largest absolute Gasteiger partial charge is 0.422 e. The van der Waals surface area contributed by atoms with Crippen LogP contribution in [0.4, 0.5) is 18.9 Å². The number of ether oxygens (including phenoxy) is 3. The highest BCUT2D eigenvalue weighted by molar-refractivity contribution is 6.04. The lowest BCUT2D eigenvalue weighted by Crippen LogP contribution is -2.71. The monoisotopic (exact) mass is 442 g/mol. The molecular formula is C21H25F3N2O5. The highest BCUT2D eigenvalue weighted by atomic mass is 19.4. The van der Waals surface area contributed by atoms with Crippen LogP contribution < -0.4 is 4.90 Å². The zero-order chi connectivity index (χ0) is 22.6. The highest BCUT2D eigenvalue weighted by Crippen LogP contribution is 2.48. The number of nitrogens with zero attached hydrogens (tertiary/aromatic N) is 2. The van der Waals surface area contributed by atoms with Crippen LogP contribution >= 0.6 is 0 Å². The van der Waals surface area contributed by atoms with Gasteiger partial charge in [0, 0.05) is 59.2 Å². The Morgan fingerprint density at radius 3 is 2.45 bits per heavy atom. The van der Waals surface area contributed by atoms with E-state index >= 15 is 0 Å². The van der Waals surface area contributed by atoms with Gasteiger partial charge in [0.2, 0.25) is 0 Å². The number of carbonyl (C=O) groups is 2. The molecule has 2 fully saturated rings. The Kier molecular flexibility index (Phi) is 5.20. The van der Waals surface area contributed by atoms with Gasteiger partial charge < -0.3 is 19.1 Å². The lowest BCUT2D eigenvalue weighted by atomic mass is 9.69. The molecule has 0 bridgehead atoms. The minimum atomic E-state index is -4.53. The van der Waals surface area contributed by atoms with Gasteiger partial charge in [0.1, 0.15) is 0 Å². The molecule has 1 aromatic rings. The standard InChI is InChI=1S/C21H25F3N2O5/c1-19(2)30-17(27)20(18(28)31-19)11-13-10-14(21(22,23)24)4-5-15(13)26-7-6-25(8-9-29-3)12-16(20)26/h4-5,10,16H,6-9,11-12H2,1-3H3. The second-order valence-electron chi connectivity index (χ2n) is 8.67. The van der Waals surface area contributed by atoms with Crippen LogP contribution in [0.25, 0.3) is 0 Å².